The SMILES string of the molecule is Fc1ccc2oc3ccc(-c4cccc(-n5c6ccccc6c6ccc(-c7ccc8c(c7)c7ccccc7n8-c7ccccc7)cc65)n4)cc3c2c1. The molecule has 52 heavy (non-hydrogen) atoms. The Labute approximate surface area is 297 Å². The molecule has 0 fully saturated rings. The minimum absolute atomic E-state index is 0.287. The summed E-state index contributed by atoms with van der Waals surface area (Å²) < 4.78 is 24.8. The standard InChI is InChI=1S/C47H28FN3O/c48-32-20-24-46-39(28-32)38-26-31(19-23-45(38)52-46)40-13-8-16-47(49-40)51-42-15-7-4-11-34(42)36-21-17-30(27-44(36)51)29-18-22-43-37(25-29)35-12-5-6-14-41(35)50(43)33-9-2-1-3-10-33/h1-28H. The summed E-state index contributed by atoms with van der Waals surface area (Å²) in [4.78, 5) is 5.24. The second kappa shape index (κ2) is 11.0. The van der Waals surface area contributed by atoms with Crippen LogP contribution >= 0.6 is 0 Å². The first-order valence-electron chi connectivity index (χ1n) is 17.4. The normalized spacial score (nSPS) is 11.9. The lowest BCUT2D eigenvalue weighted by molar-refractivity contribution is 0.626. The van der Waals surface area contributed by atoms with Crippen molar-refractivity contribution < 1.29 is 8.81 Å². The molecule has 11 aromatic rings. The van der Waals surface area contributed by atoms with E-state index in [9.17, 15) is 4.39 Å². The molecule has 0 spiro atoms. The Morgan fingerprint density at radius 1 is 0.404 bits per heavy atom. The maximum atomic E-state index is 14.2. The minimum atomic E-state index is -0.287. The number of furan rings is 1. The lowest BCUT2D eigenvalue weighted by Gasteiger charge is -2.11. The van der Waals surface area contributed by atoms with Crippen molar-refractivity contribution in [3.63, 3.8) is 0 Å². The van der Waals surface area contributed by atoms with Gasteiger partial charge in [0.1, 0.15) is 22.8 Å². The van der Waals surface area contributed by atoms with Crippen molar-refractivity contribution >= 4 is 65.6 Å². The third-order valence-corrected chi connectivity index (χ3v) is 10.4. The summed E-state index contributed by atoms with van der Waals surface area (Å²) in [6.07, 6.45) is 0. The summed E-state index contributed by atoms with van der Waals surface area (Å²) in [6, 6.07) is 58.0. The van der Waals surface area contributed by atoms with Crippen LogP contribution in [0.15, 0.2) is 174 Å². The Bertz CT molecular complexity index is 3200. The number of pyridine rings is 1. The van der Waals surface area contributed by atoms with Gasteiger partial charge in [-0.3, -0.25) is 4.57 Å². The van der Waals surface area contributed by atoms with Gasteiger partial charge >= 0.3 is 0 Å². The zero-order valence-electron chi connectivity index (χ0n) is 27.8. The molecule has 0 unspecified atom stereocenters. The van der Waals surface area contributed by atoms with Crippen LogP contribution in [-0.4, -0.2) is 14.1 Å². The maximum Gasteiger partial charge on any atom is 0.138 e. The largest absolute Gasteiger partial charge is 0.456 e. The fourth-order valence-electron chi connectivity index (χ4n) is 8.02. The number of aromatic nitrogens is 3. The summed E-state index contributed by atoms with van der Waals surface area (Å²) in [5.74, 6) is 0.538. The Morgan fingerprint density at radius 3 is 1.87 bits per heavy atom. The fraction of sp³-hybridized carbons (Fsp3) is 0. The Balaban J connectivity index is 1.08. The quantitative estimate of drug-likeness (QED) is 0.187. The third kappa shape index (κ3) is 4.29. The van der Waals surface area contributed by atoms with E-state index in [-0.39, 0.29) is 5.82 Å². The molecule has 5 heteroatoms. The average molecular weight is 670 g/mol. The minimum Gasteiger partial charge on any atom is -0.456 e. The van der Waals surface area contributed by atoms with Crippen LogP contribution in [0, 0.1) is 5.82 Å². The number of rotatable bonds is 4. The summed E-state index contributed by atoms with van der Waals surface area (Å²) in [7, 11) is 0. The highest BCUT2D eigenvalue weighted by Gasteiger charge is 2.17. The second-order valence-electron chi connectivity index (χ2n) is 13.3. The van der Waals surface area contributed by atoms with E-state index >= 15 is 0 Å². The van der Waals surface area contributed by atoms with Gasteiger partial charge < -0.3 is 8.98 Å². The molecule has 0 N–H and O–H groups in total. The predicted octanol–water partition coefficient (Wildman–Crippen LogP) is 12.6. The average Bonchev–Trinajstić information content (AvgIpc) is 3.85. The van der Waals surface area contributed by atoms with Crippen LogP contribution in [0.3, 0.4) is 0 Å². The molecule has 0 saturated heterocycles. The molecule has 0 saturated carbocycles. The molecule has 0 aliphatic carbocycles. The maximum absolute atomic E-state index is 14.2. The molecule has 0 radical (unpaired) electrons. The molecular formula is C47H28FN3O. The van der Waals surface area contributed by atoms with Crippen LogP contribution in [0.5, 0.6) is 0 Å². The van der Waals surface area contributed by atoms with Gasteiger partial charge in [0.2, 0.25) is 0 Å². The van der Waals surface area contributed by atoms with E-state index < -0.39 is 0 Å². The first kappa shape index (κ1) is 28.8. The topological polar surface area (TPSA) is 35.9 Å². The molecule has 244 valence electrons. The van der Waals surface area contributed by atoms with Gasteiger partial charge in [-0.25, -0.2) is 9.37 Å². The number of para-hydroxylation sites is 3. The van der Waals surface area contributed by atoms with Crippen molar-refractivity contribution in [3.05, 3.63) is 176 Å². The molecule has 0 aliphatic rings. The van der Waals surface area contributed by atoms with Gasteiger partial charge in [0.05, 0.1) is 27.8 Å². The molecule has 0 atom stereocenters. The van der Waals surface area contributed by atoms with Crippen LogP contribution in [0.4, 0.5) is 4.39 Å². The van der Waals surface area contributed by atoms with E-state index in [0.717, 1.165) is 61.3 Å². The molecule has 4 nitrogen and oxygen atoms in total. The van der Waals surface area contributed by atoms with Gasteiger partial charge in [-0.1, -0.05) is 78.9 Å². The smallest absolute Gasteiger partial charge is 0.138 e. The highest BCUT2D eigenvalue weighted by molar-refractivity contribution is 6.12. The van der Waals surface area contributed by atoms with Crippen LogP contribution in [0.2, 0.25) is 0 Å². The van der Waals surface area contributed by atoms with Gasteiger partial charge in [0.15, 0.2) is 0 Å². The Kier molecular flexibility index (Phi) is 6.10. The van der Waals surface area contributed by atoms with E-state index in [0.29, 0.717) is 5.58 Å². The van der Waals surface area contributed by atoms with E-state index in [1.165, 1.54) is 44.7 Å². The van der Waals surface area contributed by atoms with Crippen molar-refractivity contribution in [2.45, 2.75) is 0 Å². The number of halogens is 1. The Morgan fingerprint density at radius 2 is 1.02 bits per heavy atom. The fourth-order valence-corrected chi connectivity index (χ4v) is 8.02. The van der Waals surface area contributed by atoms with Crippen molar-refractivity contribution in [3.8, 4) is 33.9 Å². The van der Waals surface area contributed by atoms with Crippen LogP contribution in [-0.2, 0) is 0 Å². The van der Waals surface area contributed by atoms with Crippen LogP contribution in [0.25, 0.3) is 99.4 Å². The molecular weight excluding hydrogens is 642 g/mol. The number of benzene rings is 7. The second-order valence-corrected chi connectivity index (χ2v) is 13.3. The highest BCUT2D eigenvalue weighted by Crippen LogP contribution is 2.39. The van der Waals surface area contributed by atoms with Gasteiger partial charge in [0, 0.05) is 43.6 Å². The lowest BCUT2D eigenvalue weighted by Crippen LogP contribution is -1.98. The zero-order chi connectivity index (χ0) is 34.3. The molecule has 4 aromatic heterocycles. The first-order valence-corrected chi connectivity index (χ1v) is 17.4. The summed E-state index contributed by atoms with van der Waals surface area (Å²) >= 11 is 0. The first-order chi connectivity index (χ1) is 25.7. The van der Waals surface area contributed by atoms with E-state index in [4.69, 9.17) is 9.40 Å². The Hall–Kier alpha value is -6.98. The molecule has 0 aliphatic heterocycles. The van der Waals surface area contributed by atoms with Gasteiger partial charge in [-0.15, -0.1) is 0 Å². The number of hydrogen-bond donors (Lipinski definition) is 0. The van der Waals surface area contributed by atoms with Gasteiger partial charge in [-0.2, -0.15) is 0 Å². The van der Waals surface area contributed by atoms with E-state index in [1.807, 2.05) is 24.3 Å². The lowest BCUT2D eigenvalue weighted by atomic mass is 10.0. The van der Waals surface area contributed by atoms with Gasteiger partial charge in [-0.05, 0) is 102 Å². The number of hydrogen-bond acceptors (Lipinski definition) is 2. The number of nitrogens with zero attached hydrogens (tertiary/aromatic N) is 3. The molecule has 0 bridgehead atoms. The van der Waals surface area contributed by atoms with E-state index in [2.05, 4.69) is 137 Å². The summed E-state index contributed by atoms with van der Waals surface area (Å²) in [5, 5.41) is 6.41. The van der Waals surface area contributed by atoms with Crippen molar-refractivity contribution in [1.82, 2.24) is 14.1 Å². The molecule has 4 heterocycles. The molecule has 11 rings (SSSR count). The predicted molar refractivity (Wildman–Crippen MR) is 211 cm³/mol. The molecule has 7 aromatic carbocycles. The van der Waals surface area contributed by atoms with Crippen molar-refractivity contribution in [2.24, 2.45) is 0 Å². The van der Waals surface area contributed by atoms with Crippen LogP contribution in [0.1, 0.15) is 0 Å². The highest BCUT2D eigenvalue weighted by atomic mass is 19.1. The van der Waals surface area contributed by atoms with E-state index in [1.54, 1.807) is 6.07 Å². The van der Waals surface area contributed by atoms with Gasteiger partial charge in [0.25, 0.3) is 0 Å². The van der Waals surface area contributed by atoms with Crippen molar-refractivity contribution in [2.75, 3.05) is 0 Å². The number of fused-ring (bicyclic) bond motifs is 9. The summed E-state index contributed by atoms with van der Waals surface area (Å²) in [5.41, 5.74) is 11.1. The summed E-state index contributed by atoms with van der Waals surface area (Å²) in [6.45, 7) is 0. The van der Waals surface area contributed by atoms with Crippen LogP contribution < -0.4 is 0 Å². The third-order valence-electron chi connectivity index (χ3n) is 10.4. The van der Waals surface area contributed by atoms with Crippen molar-refractivity contribution in [1.29, 1.82) is 0 Å². The zero-order valence-corrected chi connectivity index (χ0v) is 27.8. The monoisotopic (exact) mass is 669 g/mol. The molecule has 0 amide bonds.